The molecule has 0 spiro atoms. The molecule has 6 nitrogen and oxygen atoms in total. The lowest BCUT2D eigenvalue weighted by Gasteiger charge is -2.08. The minimum Gasteiger partial charge on any atom is -0.494 e. The van der Waals surface area contributed by atoms with Crippen molar-refractivity contribution in [1.82, 2.24) is 4.98 Å². The molecular weight excluding hydrogens is 442 g/mol. The second-order valence-corrected chi connectivity index (χ2v) is 8.96. The van der Waals surface area contributed by atoms with Crippen LogP contribution in [0, 0.1) is 0 Å². The van der Waals surface area contributed by atoms with Crippen LogP contribution in [-0.4, -0.2) is 24.2 Å². The van der Waals surface area contributed by atoms with E-state index >= 15 is 0 Å². The molecule has 0 aliphatic heterocycles. The van der Waals surface area contributed by atoms with Gasteiger partial charge in [0.15, 0.2) is 0 Å². The van der Waals surface area contributed by atoms with Gasteiger partial charge in [0.05, 0.1) is 18.8 Å². The number of hydrogen-bond acceptors (Lipinski definition) is 6. The summed E-state index contributed by atoms with van der Waals surface area (Å²) in [5.74, 6) is 0.631. The molecule has 2 aromatic heterocycles. The van der Waals surface area contributed by atoms with Crippen LogP contribution in [0.1, 0.15) is 77.6 Å². The Balaban J connectivity index is 1.22. The summed E-state index contributed by atoms with van der Waals surface area (Å²) in [5.41, 5.74) is 1.52. The van der Waals surface area contributed by atoms with Crippen LogP contribution < -0.4 is 10.4 Å². The number of fused-ring (bicyclic) bond motifs is 1. The number of aromatic nitrogens is 1. The molecule has 0 aliphatic carbocycles. The highest BCUT2D eigenvalue weighted by molar-refractivity contribution is 5.80. The van der Waals surface area contributed by atoms with Crippen molar-refractivity contribution in [3.05, 3.63) is 59.2 Å². The van der Waals surface area contributed by atoms with Crippen LogP contribution in [0.4, 0.5) is 0 Å². The summed E-state index contributed by atoms with van der Waals surface area (Å²) in [5, 5.41) is 0.801. The van der Waals surface area contributed by atoms with E-state index in [9.17, 15) is 9.59 Å². The van der Waals surface area contributed by atoms with Crippen LogP contribution in [0.15, 0.2) is 58.0 Å². The minimum atomic E-state index is -0.353. The maximum atomic E-state index is 12.3. The van der Waals surface area contributed by atoms with Gasteiger partial charge in [-0.3, -0.25) is 9.78 Å². The lowest BCUT2D eigenvalue weighted by atomic mass is 10.1. The number of rotatable bonds is 16. The zero-order valence-corrected chi connectivity index (χ0v) is 20.8. The van der Waals surface area contributed by atoms with Gasteiger partial charge in [-0.05, 0) is 42.7 Å². The van der Waals surface area contributed by atoms with Gasteiger partial charge in [-0.1, -0.05) is 69.9 Å². The number of ether oxygens (including phenoxy) is 2. The van der Waals surface area contributed by atoms with E-state index in [4.69, 9.17) is 13.9 Å². The van der Waals surface area contributed by atoms with E-state index in [1.54, 1.807) is 18.5 Å². The summed E-state index contributed by atoms with van der Waals surface area (Å²) in [7, 11) is 0. The Morgan fingerprint density at radius 2 is 1.43 bits per heavy atom. The molecule has 3 aromatic rings. The predicted octanol–water partition coefficient (Wildman–Crippen LogP) is 7.09. The Hall–Kier alpha value is -3.15. The average molecular weight is 480 g/mol. The van der Waals surface area contributed by atoms with Gasteiger partial charge in [0, 0.05) is 24.7 Å². The number of pyridine rings is 1. The first-order valence-electron chi connectivity index (χ1n) is 12.9. The van der Waals surface area contributed by atoms with E-state index in [0.29, 0.717) is 24.4 Å². The quantitative estimate of drug-likeness (QED) is 0.161. The van der Waals surface area contributed by atoms with Gasteiger partial charge in [-0.25, -0.2) is 4.79 Å². The van der Waals surface area contributed by atoms with E-state index in [2.05, 4.69) is 4.98 Å². The SMILES string of the molecule is CC(=O)OCCCCCCCCCCCCCOc1ccc(-c2cc3cnccc3oc2=O)cc1. The number of unbranched alkanes of at least 4 members (excludes halogenated alkanes) is 10. The van der Waals surface area contributed by atoms with Crippen molar-refractivity contribution in [3.63, 3.8) is 0 Å². The maximum Gasteiger partial charge on any atom is 0.344 e. The van der Waals surface area contributed by atoms with Crippen molar-refractivity contribution < 1.29 is 18.7 Å². The number of nitrogens with zero attached hydrogens (tertiary/aromatic N) is 1. The van der Waals surface area contributed by atoms with Gasteiger partial charge in [0.2, 0.25) is 0 Å². The Kier molecular flexibility index (Phi) is 11.3. The Morgan fingerprint density at radius 3 is 2.06 bits per heavy atom. The van der Waals surface area contributed by atoms with Crippen molar-refractivity contribution >= 4 is 16.9 Å². The van der Waals surface area contributed by atoms with Gasteiger partial charge in [0.1, 0.15) is 11.3 Å². The molecule has 0 fully saturated rings. The first-order chi connectivity index (χ1) is 17.1. The fraction of sp³-hybridized carbons (Fsp3) is 0.483. The standard InChI is InChI=1S/C29H37NO5/c1-23(31)33-19-11-9-7-5-3-2-4-6-8-10-12-20-34-26-15-13-24(14-16-26)27-21-25-22-30-18-17-28(25)35-29(27)32/h13-18,21-22H,2-12,19-20H2,1H3. The molecule has 0 saturated heterocycles. The summed E-state index contributed by atoms with van der Waals surface area (Å²) in [6, 6.07) is 11.1. The Morgan fingerprint density at radius 1 is 0.829 bits per heavy atom. The zero-order chi connectivity index (χ0) is 24.7. The molecule has 0 radical (unpaired) electrons. The smallest absolute Gasteiger partial charge is 0.344 e. The summed E-state index contributed by atoms with van der Waals surface area (Å²) in [4.78, 5) is 27.1. The fourth-order valence-corrected chi connectivity index (χ4v) is 4.10. The van der Waals surface area contributed by atoms with E-state index in [-0.39, 0.29) is 11.6 Å². The third-order valence-electron chi connectivity index (χ3n) is 6.06. The molecule has 0 saturated carbocycles. The topological polar surface area (TPSA) is 78.6 Å². The molecule has 0 atom stereocenters. The number of esters is 1. The Bertz CT molecular complexity index is 1090. The normalized spacial score (nSPS) is 11.0. The average Bonchev–Trinajstić information content (AvgIpc) is 2.86. The van der Waals surface area contributed by atoms with Crippen molar-refractivity contribution in [2.24, 2.45) is 0 Å². The van der Waals surface area contributed by atoms with Crippen LogP contribution in [0.3, 0.4) is 0 Å². The molecule has 3 rings (SSSR count). The van der Waals surface area contributed by atoms with Gasteiger partial charge in [-0.2, -0.15) is 0 Å². The van der Waals surface area contributed by atoms with Crippen LogP contribution in [0.2, 0.25) is 0 Å². The highest BCUT2D eigenvalue weighted by Gasteiger charge is 2.08. The van der Waals surface area contributed by atoms with Crippen LogP contribution in [-0.2, 0) is 9.53 Å². The first-order valence-corrected chi connectivity index (χ1v) is 12.9. The van der Waals surface area contributed by atoms with E-state index in [1.807, 2.05) is 30.3 Å². The summed E-state index contributed by atoms with van der Waals surface area (Å²) < 4.78 is 16.2. The minimum absolute atomic E-state index is 0.182. The molecule has 0 aliphatic rings. The molecule has 0 N–H and O–H groups in total. The first kappa shape index (κ1) is 26.5. The number of carbonyl (C=O) groups excluding carboxylic acids is 1. The maximum absolute atomic E-state index is 12.3. The van der Waals surface area contributed by atoms with Gasteiger partial charge >= 0.3 is 11.6 Å². The third-order valence-corrected chi connectivity index (χ3v) is 6.06. The number of hydrogen-bond donors (Lipinski definition) is 0. The molecule has 6 heteroatoms. The predicted molar refractivity (Wildman–Crippen MR) is 139 cm³/mol. The highest BCUT2D eigenvalue weighted by atomic mass is 16.5. The fourth-order valence-electron chi connectivity index (χ4n) is 4.10. The molecule has 0 amide bonds. The number of carbonyl (C=O) groups is 1. The molecule has 188 valence electrons. The molecule has 0 bridgehead atoms. The highest BCUT2D eigenvalue weighted by Crippen LogP contribution is 2.23. The van der Waals surface area contributed by atoms with E-state index in [0.717, 1.165) is 36.0 Å². The lowest BCUT2D eigenvalue weighted by Crippen LogP contribution is -2.03. The second-order valence-electron chi connectivity index (χ2n) is 8.96. The largest absolute Gasteiger partial charge is 0.494 e. The monoisotopic (exact) mass is 479 g/mol. The Labute approximate surface area is 207 Å². The van der Waals surface area contributed by atoms with E-state index < -0.39 is 0 Å². The molecule has 2 heterocycles. The molecule has 1 aromatic carbocycles. The summed E-state index contributed by atoms with van der Waals surface area (Å²) >= 11 is 0. The third kappa shape index (κ3) is 9.55. The number of benzene rings is 1. The van der Waals surface area contributed by atoms with Crippen molar-refractivity contribution in [2.75, 3.05) is 13.2 Å². The summed E-state index contributed by atoms with van der Waals surface area (Å²) in [6.45, 7) is 2.73. The van der Waals surface area contributed by atoms with Gasteiger partial charge in [0.25, 0.3) is 0 Å². The second kappa shape index (κ2) is 15.0. The van der Waals surface area contributed by atoms with Crippen LogP contribution in [0.5, 0.6) is 5.75 Å². The van der Waals surface area contributed by atoms with Crippen LogP contribution in [0.25, 0.3) is 22.1 Å². The molecule has 0 unspecified atom stereocenters. The molecule has 35 heavy (non-hydrogen) atoms. The van der Waals surface area contributed by atoms with E-state index in [1.165, 1.54) is 58.3 Å². The zero-order valence-electron chi connectivity index (χ0n) is 20.8. The molecular formula is C29H37NO5. The van der Waals surface area contributed by atoms with Crippen LogP contribution >= 0.6 is 0 Å². The lowest BCUT2D eigenvalue weighted by molar-refractivity contribution is -0.141. The van der Waals surface area contributed by atoms with Crippen molar-refractivity contribution in [2.45, 2.75) is 77.6 Å². The van der Waals surface area contributed by atoms with Crippen molar-refractivity contribution in [1.29, 1.82) is 0 Å². The van der Waals surface area contributed by atoms with Gasteiger partial charge < -0.3 is 13.9 Å². The van der Waals surface area contributed by atoms with Crippen molar-refractivity contribution in [3.8, 4) is 16.9 Å². The summed E-state index contributed by atoms with van der Waals surface area (Å²) in [6.07, 6.45) is 16.6. The van der Waals surface area contributed by atoms with Gasteiger partial charge in [-0.15, -0.1) is 0 Å².